The lowest BCUT2D eigenvalue weighted by Crippen LogP contribution is -2.18. The minimum Gasteiger partial charge on any atom is -0.293 e. The molecular formula is C16H15ClOS. The van der Waals surface area contributed by atoms with Crippen molar-refractivity contribution in [2.75, 3.05) is 0 Å². The second-order valence-corrected chi connectivity index (χ2v) is 6.43. The van der Waals surface area contributed by atoms with E-state index in [0.29, 0.717) is 5.02 Å². The molecule has 0 fully saturated rings. The van der Waals surface area contributed by atoms with Gasteiger partial charge in [-0.3, -0.25) is 4.79 Å². The Hall–Kier alpha value is -1.12. The van der Waals surface area contributed by atoms with Crippen molar-refractivity contribution in [2.24, 2.45) is 0 Å². The Morgan fingerprint density at radius 3 is 3.05 bits per heavy atom. The van der Waals surface area contributed by atoms with Crippen LogP contribution in [-0.2, 0) is 6.42 Å². The molecule has 0 spiro atoms. The van der Waals surface area contributed by atoms with Crippen LogP contribution in [0.5, 0.6) is 0 Å². The molecule has 2 aromatic rings. The summed E-state index contributed by atoms with van der Waals surface area (Å²) in [5, 5.41) is 2.77. The number of aryl methyl sites for hydroxylation is 1. The smallest absolute Gasteiger partial charge is 0.170 e. The Bertz CT molecular complexity index is 629. The summed E-state index contributed by atoms with van der Waals surface area (Å²) in [6, 6.07) is 7.70. The van der Waals surface area contributed by atoms with E-state index in [1.165, 1.54) is 10.4 Å². The van der Waals surface area contributed by atoms with Crippen molar-refractivity contribution in [3.05, 3.63) is 56.2 Å². The molecule has 3 heteroatoms. The van der Waals surface area contributed by atoms with Gasteiger partial charge in [-0.25, -0.2) is 0 Å². The largest absolute Gasteiger partial charge is 0.293 e. The van der Waals surface area contributed by atoms with Gasteiger partial charge in [-0.05, 0) is 54.8 Å². The van der Waals surface area contributed by atoms with Gasteiger partial charge in [0.15, 0.2) is 5.78 Å². The molecule has 19 heavy (non-hydrogen) atoms. The van der Waals surface area contributed by atoms with E-state index in [9.17, 15) is 4.79 Å². The summed E-state index contributed by atoms with van der Waals surface area (Å²) in [6.45, 7) is 1.92. The molecule has 1 aliphatic carbocycles. The lowest BCUT2D eigenvalue weighted by atomic mass is 9.81. The van der Waals surface area contributed by atoms with Crippen molar-refractivity contribution < 1.29 is 4.79 Å². The Morgan fingerprint density at radius 1 is 1.37 bits per heavy atom. The average molecular weight is 291 g/mol. The van der Waals surface area contributed by atoms with Crippen molar-refractivity contribution in [3.63, 3.8) is 0 Å². The molecular weight excluding hydrogens is 276 g/mol. The van der Waals surface area contributed by atoms with Crippen molar-refractivity contribution in [1.29, 1.82) is 0 Å². The van der Waals surface area contributed by atoms with Crippen molar-refractivity contribution >= 4 is 28.7 Å². The highest BCUT2D eigenvalue weighted by molar-refractivity contribution is 7.10. The number of benzene rings is 1. The molecule has 0 aliphatic heterocycles. The summed E-state index contributed by atoms with van der Waals surface area (Å²) < 4.78 is 0. The molecule has 1 nitrogen and oxygen atoms in total. The Labute approximate surface area is 122 Å². The number of hydrogen-bond donors (Lipinski definition) is 0. The van der Waals surface area contributed by atoms with E-state index in [4.69, 9.17) is 11.6 Å². The summed E-state index contributed by atoms with van der Waals surface area (Å²) in [5.41, 5.74) is 2.91. The van der Waals surface area contributed by atoms with Gasteiger partial charge in [0, 0.05) is 21.4 Å². The summed E-state index contributed by atoms with van der Waals surface area (Å²) in [4.78, 5) is 14.2. The van der Waals surface area contributed by atoms with E-state index in [1.807, 2.05) is 25.1 Å². The van der Waals surface area contributed by atoms with Gasteiger partial charge in [-0.2, -0.15) is 0 Å². The maximum absolute atomic E-state index is 12.8. The van der Waals surface area contributed by atoms with E-state index in [1.54, 1.807) is 11.3 Å². The highest BCUT2D eigenvalue weighted by Crippen LogP contribution is 2.37. The topological polar surface area (TPSA) is 17.1 Å². The second kappa shape index (κ2) is 5.10. The zero-order valence-corrected chi connectivity index (χ0v) is 12.4. The van der Waals surface area contributed by atoms with Gasteiger partial charge in [0.25, 0.3) is 0 Å². The molecule has 0 radical (unpaired) electrons. The number of ketones is 1. The quantitative estimate of drug-likeness (QED) is 0.710. The number of halogens is 1. The van der Waals surface area contributed by atoms with E-state index < -0.39 is 0 Å². The van der Waals surface area contributed by atoms with Crippen LogP contribution in [0.4, 0.5) is 0 Å². The van der Waals surface area contributed by atoms with Crippen LogP contribution in [0.1, 0.15) is 45.1 Å². The molecule has 1 aliphatic rings. The Morgan fingerprint density at radius 2 is 2.21 bits per heavy atom. The summed E-state index contributed by atoms with van der Waals surface area (Å²) >= 11 is 7.90. The Kier molecular flexibility index (Phi) is 3.46. The molecule has 0 N–H and O–H groups in total. The predicted octanol–water partition coefficient (Wildman–Crippen LogP) is 5.01. The number of carbonyl (C=O) groups is 1. The number of carbonyl (C=O) groups excluding carboxylic acids is 1. The van der Waals surface area contributed by atoms with E-state index >= 15 is 0 Å². The van der Waals surface area contributed by atoms with Crippen LogP contribution in [0.15, 0.2) is 29.6 Å². The maximum Gasteiger partial charge on any atom is 0.170 e. The first-order chi connectivity index (χ1) is 9.18. The normalized spacial score (nSPS) is 18.1. The van der Waals surface area contributed by atoms with Crippen LogP contribution < -0.4 is 0 Å². The van der Waals surface area contributed by atoms with E-state index in [0.717, 1.165) is 30.4 Å². The molecule has 3 rings (SSSR count). The summed E-state index contributed by atoms with van der Waals surface area (Å²) in [6.07, 6.45) is 3.17. The van der Waals surface area contributed by atoms with E-state index in [-0.39, 0.29) is 11.7 Å². The zero-order valence-electron chi connectivity index (χ0n) is 10.8. The standard InChI is InChI=1S/C16H15ClOS/c1-10-11(4-2-6-14(10)17)16(18)13-5-3-7-15-12(13)8-9-19-15/h2,4,6,8-9,13H,3,5,7H2,1H3. The third-order valence-electron chi connectivity index (χ3n) is 3.90. The first kappa shape index (κ1) is 12.9. The summed E-state index contributed by atoms with van der Waals surface area (Å²) in [5.74, 6) is 0.242. The molecule has 0 saturated carbocycles. The first-order valence-electron chi connectivity index (χ1n) is 6.54. The van der Waals surface area contributed by atoms with Crippen molar-refractivity contribution in [1.82, 2.24) is 0 Å². The van der Waals surface area contributed by atoms with Crippen molar-refractivity contribution in [3.8, 4) is 0 Å². The minimum absolute atomic E-state index is 0.0205. The molecule has 1 heterocycles. The van der Waals surface area contributed by atoms with Crippen LogP contribution in [-0.4, -0.2) is 5.78 Å². The molecule has 1 aromatic carbocycles. The van der Waals surface area contributed by atoms with Crippen LogP contribution in [0, 0.1) is 6.92 Å². The van der Waals surface area contributed by atoms with Crippen LogP contribution in [0.3, 0.4) is 0 Å². The number of hydrogen-bond acceptors (Lipinski definition) is 2. The number of fused-ring (bicyclic) bond motifs is 1. The monoisotopic (exact) mass is 290 g/mol. The minimum atomic E-state index is 0.0205. The van der Waals surface area contributed by atoms with E-state index in [2.05, 4.69) is 11.4 Å². The fraction of sp³-hybridized carbons (Fsp3) is 0.312. The predicted molar refractivity (Wildman–Crippen MR) is 80.5 cm³/mol. The van der Waals surface area contributed by atoms with Crippen LogP contribution in [0.25, 0.3) is 0 Å². The fourth-order valence-corrected chi connectivity index (χ4v) is 3.98. The third kappa shape index (κ3) is 2.24. The molecule has 98 valence electrons. The van der Waals surface area contributed by atoms with Crippen molar-refractivity contribution in [2.45, 2.75) is 32.1 Å². The molecule has 0 bridgehead atoms. The van der Waals surface area contributed by atoms with Gasteiger partial charge in [0.2, 0.25) is 0 Å². The molecule has 0 saturated heterocycles. The SMILES string of the molecule is Cc1c(Cl)cccc1C(=O)C1CCCc2sccc21. The zero-order chi connectivity index (χ0) is 13.4. The molecule has 1 unspecified atom stereocenters. The molecule has 1 atom stereocenters. The van der Waals surface area contributed by atoms with Crippen LogP contribution >= 0.6 is 22.9 Å². The van der Waals surface area contributed by atoms with Gasteiger partial charge in [0.1, 0.15) is 0 Å². The lowest BCUT2D eigenvalue weighted by Gasteiger charge is -2.22. The maximum atomic E-state index is 12.8. The van der Waals surface area contributed by atoms with Crippen LogP contribution in [0.2, 0.25) is 5.02 Å². The molecule has 1 aromatic heterocycles. The number of Topliss-reactive ketones (excluding diaryl/α,β-unsaturated/α-hetero) is 1. The number of rotatable bonds is 2. The highest BCUT2D eigenvalue weighted by atomic mass is 35.5. The second-order valence-electron chi connectivity index (χ2n) is 5.02. The average Bonchev–Trinajstić information content (AvgIpc) is 2.89. The Balaban J connectivity index is 2.00. The lowest BCUT2D eigenvalue weighted by molar-refractivity contribution is 0.0951. The van der Waals surface area contributed by atoms with Gasteiger partial charge in [0.05, 0.1) is 0 Å². The highest BCUT2D eigenvalue weighted by Gasteiger charge is 2.28. The van der Waals surface area contributed by atoms with Gasteiger partial charge in [-0.1, -0.05) is 23.7 Å². The first-order valence-corrected chi connectivity index (χ1v) is 7.80. The summed E-state index contributed by atoms with van der Waals surface area (Å²) in [7, 11) is 0. The van der Waals surface area contributed by atoms with Gasteiger partial charge in [-0.15, -0.1) is 11.3 Å². The number of thiophene rings is 1. The fourth-order valence-electron chi connectivity index (χ4n) is 2.82. The third-order valence-corrected chi connectivity index (χ3v) is 5.31. The van der Waals surface area contributed by atoms with Gasteiger partial charge >= 0.3 is 0 Å². The van der Waals surface area contributed by atoms with Gasteiger partial charge < -0.3 is 0 Å². The molecule has 0 amide bonds.